The summed E-state index contributed by atoms with van der Waals surface area (Å²) in [5, 5.41) is 0. The van der Waals surface area contributed by atoms with Gasteiger partial charge in [0.2, 0.25) is 5.91 Å². The minimum atomic E-state index is -0.522. The molecular formula is C19H23NO4. The van der Waals surface area contributed by atoms with E-state index in [0.717, 1.165) is 24.8 Å². The number of likely N-dealkylation sites (tertiary alicyclic amines) is 1. The van der Waals surface area contributed by atoms with Gasteiger partial charge in [0, 0.05) is 25.8 Å². The van der Waals surface area contributed by atoms with E-state index in [4.69, 9.17) is 4.74 Å². The maximum Gasteiger partial charge on any atom is 0.302 e. The summed E-state index contributed by atoms with van der Waals surface area (Å²) in [7, 11) is 0. The van der Waals surface area contributed by atoms with E-state index in [0.29, 0.717) is 13.0 Å². The Morgan fingerprint density at radius 2 is 1.96 bits per heavy atom. The van der Waals surface area contributed by atoms with Gasteiger partial charge in [-0.05, 0) is 18.4 Å². The zero-order valence-corrected chi connectivity index (χ0v) is 13.9. The van der Waals surface area contributed by atoms with Gasteiger partial charge in [0.1, 0.15) is 11.9 Å². The van der Waals surface area contributed by atoms with Gasteiger partial charge >= 0.3 is 5.97 Å². The Bertz CT molecular complexity index is 628. The minimum Gasteiger partial charge on any atom is -0.460 e. The summed E-state index contributed by atoms with van der Waals surface area (Å²) in [6, 6.07) is 9.38. The predicted octanol–water partition coefficient (Wildman–Crippen LogP) is 2.48. The molecule has 2 fully saturated rings. The highest BCUT2D eigenvalue weighted by atomic mass is 16.5. The molecule has 1 heterocycles. The number of ether oxygens (including phenoxy) is 1. The lowest BCUT2D eigenvalue weighted by atomic mass is 9.81. The second kappa shape index (κ2) is 7.16. The molecule has 0 aromatic heterocycles. The molecule has 128 valence electrons. The number of rotatable bonds is 4. The maximum atomic E-state index is 12.6. The number of nitrogens with zero attached hydrogens (tertiary/aromatic N) is 1. The highest BCUT2D eigenvalue weighted by Crippen LogP contribution is 2.35. The maximum absolute atomic E-state index is 12.6. The molecule has 1 aliphatic heterocycles. The lowest BCUT2D eigenvalue weighted by Crippen LogP contribution is -2.47. The molecule has 5 heteroatoms. The third-order valence-electron chi connectivity index (χ3n) is 4.96. The zero-order chi connectivity index (χ0) is 17.1. The lowest BCUT2D eigenvalue weighted by Gasteiger charge is -2.35. The predicted molar refractivity (Wildman–Crippen MR) is 87.9 cm³/mol. The fraction of sp³-hybridized carbons (Fsp3) is 0.526. The van der Waals surface area contributed by atoms with E-state index in [2.05, 4.69) is 0 Å². The number of hydrogen-bond donors (Lipinski definition) is 0. The Morgan fingerprint density at radius 3 is 2.62 bits per heavy atom. The van der Waals surface area contributed by atoms with Crippen LogP contribution in [0, 0.1) is 5.92 Å². The molecule has 1 unspecified atom stereocenters. The summed E-state index contributed by atoms with van der Waals surface area (Å²) in [6.07, 6.45) is 2.85. The second-order valence-electron chi connectivity index (χ2n) is 6.67. The van der Waals surface area contributed by atoms with Crippen molar-refractivity contribution in [3.05, 3.63) is 35.9 Å². The van der Waals surface area contributed by atoms with E-state index in [-0.39, 0.29) is 30.1 Å². The van der Waals surface area contributed by atoms with Crippen LogP contribution in [0.3, 0.4) is 0 Å². The summed E-state index contributed by atoms with van der Waals surface area (Å²) in [4.78, 5) is 38.2. The number of Topliss-reactive ketones (excluding diaryl/α,β-unsaturated/α-hetero) is 1. The monoisotopic (exact) mass is 329 g/mol. The topological polar surface area (TPSA) is 63.7 Å². The number of benzene rings is 1. The van der Waals surface area contributed by atoms with E-state index >= 15 is 0 Å². The molecule has 2 aliphatic rings. The molecule has 1 aromatic carbocycles. The van der Waals surface area contributed by atoms with Crippen molar-refractivity contribution in [1.29, 1.82) is 0 Å². The normalized spacial score (nSPS) is 27.4. The van der Waals surface area contributed by atoms with Crippen LogP contribution >= 0.6 is 0 Å². The van der Waals surface area contributed by atoms with E-state index in [1.54, 1.807) is 4.90 Å². The van der Waals surface area contributed by atoms with Gasteiger partial charge in [0.25, 0.3) is 0 Å². The Balaban J connectivity index is 1.87. The van der Waals surface area contributed by atoms with Gasteiger partial charge in [0.05, 0.1) is 12.5 Å². The summed E-state index contributed by atoms with van der Waals surface area (Å²) >= 11 is 0. The summed E-state index contributed by atoms with van der Waals surface area (Å²) < 4.78 is 5.41. The average molecular weight is 329 g/mol. The Morgan fingerprint density at radius 1 is 1.21 bits per heavy atom. The van der Waals surface area contributed by atoms with Gasteiger partial charge in [-0.15, -0.1) is 0 Å². The summed E-state index contributed by atoms with van der Waals surface area (Å²) in [5.74, 6) is -0.481. The van der Waals surface area contributed by atoms with Gasteiger partial charge < -0.3 is 9.64 Å². The quantitative estimate of drug-likeness (QED) is 0.796. The van der Waals surface area contributed by atoms with Crippen molar-refractivity contribution in [2.24, 2.45) is 5.92 Å². The molecule has 0 radical (unpaired) electrons. The first-order chi connectivity index (χ1) is 11.6. The standard InChI is InChI=1S/C19H23NO4/c1-13(21)24-17-11-18(23)20(12-14-7-3-2-4-8-14)19(17)15-9-5-6-10-16(15)22/h2-4,7-8,15,17,19H,5-6,9-12H2,1H3/t15?,17-,19+/m0/s1. The van der Waals surface area contributed by atoms with Crippen LogP contribution in [-0.2, 0) is 25.7 Å². The van der Waals surface area contributed by atoms with Crippen LogP contribution in [0.2, 0.25) is 0 Å². The Hall–Kier alpha value is -2.17. The summed E-state index contributed by atoms with van der Waals surface area (Å²) in [5.41, 5.74) is 1.02. The molecule has 3 rings (SSSR count). The van der Waals surface area contributed by atoms with Crippen molar-refractivity contribution in [2.75, 3.05) is 0 Å². The van der Waals surface area contributed by atoms with Crippen molar-refractivity contribution in [3.63, 3.8) is 0 Å². The number of amides is 1. The largest absolute Gasteiger partial charge is 0.460 e. The summed E-state index contributed by atoms with van der Waals surface area (Å²) in [6.45, 7) is 1.80. The third-order valence-corrected chi connectivity index (χ3v) is 4.96. The number of hydrogen-bond acceptors (Lipinski definition) is 4. The molecule has 1 aliphatic carbocycles. The fourth-order valence-corrected chi connectivity index (χ4v) is 3.92. The highest BCUT2D eigenvalue weighted by molar-refractivity contribution is 5.86. The Labute approximate surface area is 142 Å². The van der Waals surface area contributed by atoms with Gasteiger partial charge in [-0.1, -0.05) is 36.8 Å². The molecule has 1 aromatic rings. The van der Waals surface area contributed by atoms with Gasteiger partial charge in [-0.25, -0.2) is 0 Å². The Kier molecular flexibility index (Phi) is 4.97. The number of esters is 1. The first kappa shape index (κ1) is 16.7. The van der Waals surface area contributed by atoms with Crippen LogP contribution in [0.25, 0.3) is 0 Å². The van der Waals surface area contributed by atoms with Crippen molar-refractivity contribution >= 4 is 17.7 Å². The van der Waals surface area contributed by atoms with Crippen LogP contribution in [-0.4, -0.2) is 34.7 Å². The molecule has 0 spiro atoms. The molecule has 0 bridgehead atoms. The van der Waals surface area contributed by atoms with Crippen molar-refractivity contribution in [3.8, 4) is 0 Å². The number of carbonyl (C=O) groups excluding carboxylic acids is 3. The number of ketones is 1. The van der Waals surface area contributed by atoms with E-state index in [1.807, 2.05) is 30.3 Å². The van der Waals surface area contributed by atoms with Crippen LogP contribution < -0.4 is 0 Å². The minimum absolute atomic E-state index is 0.0477. The smallest absolute Gasteiger partial charge is 0.302 e. The number of carbonyl (C=O) groups is 3. The molecule has 1 saturated carbocycles. The van der Waals surface area contributed by atoms with Crippen molar-refractivity contribution in [1.82, 2.24) is 4.90 Å². The SMILES string of the molecule is CC(=O)O[C@H]1CC(=O)N(Cc2ccccc2)[C@@H]1C1CCCCC1=O. The van der Waals surface area contributed by atoms with E-state index in [1.165, 1.54) is 6.92 Å². The molecular weight excluding hydrogens is 306 g/mol. The molecule has 1 amide bonds. The van der Waals surface area contributed by atoms with Crippen LogP contribution in [0.4, 0.5) is 0 Å². The van der Waals surface area contributed by atoms with Crippen LogP contribution in [0.1, 0.15) is 44.6 Å². The average Bonchev–Trinajstić information content (AvgIpc) is 2.84. The first-order valence-corrected chi connectivity index (χ1v) is 8.59. The first-order valence-electron chi connectivity index (χ1n) is 8.59. The fourth-order valence-electron chi connectivity index (χ4n) is 3.92. The molecule has 1 saturated heterocycles. The lowest BCUT2D eigenvalue weighted by molar-refractivity contribution is -0.150. The second-order valence-corrected chi connectivity index (χ2v) is 6.67. The molecule has 0 N–H and O–H groups in total. The van der Waals surface area contributed by atoms with Crippen LogP contribution in [0.5, 0.6) is 0 Å². The molecule has 3 atom stereocenters. The highest BCUT2D eigenvalue weighted by Gasteiger charge is 2.48. The van der Waals surface area contributed by atoms with Crippen LogP contribution in [0.15, 0.2) is 30.3 Å². The molecule has 24 heavy (non-hydrogen) atoms. The zero-order valence-electron chi connectivity index (χ0n) is 13.9. The van der Waals surface area contributed by atoms with Crippen molar-refractivity contribution < 1.29 is 19.1 Å². The van der Waals surface area contributed by atoms with Gasteiger partial charge in [-0.2, -0.15) is 0 Å². The van der Waals surface area contributed by atoms with Gasteiger partial charge in [-0.3, -0.25) is 14.4 Å². The van der Waals surface area contributed by atoms with Gasteiger partial charge in [0.15, 0.2) is 0 Å². The molecule has 5 nitrogen and oxygen atoms in total. The van der Waals surface area contributed by atoms with Crippen molar-refractivity contribution in [2.45, 2.75) is 57.7 Å². The van der Waals surface area contributed by atoms with E-state index < -0.39 is 12.1 Å². The third kappa shape index (κ3) is 3.50. The van der Waals surface area contributed by atoms with E-state index in [9.17, 15) is 14.4 Å².